The van der Waals surface area contributed by atoms with Crippen molar-refractivity contribution in [3.63, 3.8) is 0 Å². The zero-order valence-corrected chi connectivity index (χ0v) is 7.60. The lowest BCUT2D eigenvalue weighted by molar-refractivity contribution is 1.25. The van der Waals surface area contributed by atoms with Gasteiger partial charge in [-0.05, 0) is 6.92 Å². The molecule has 0 saturated heterocycles. The van der Waals surface area contributed by atoms with Gasteiger partial charge in [0, 0.05) is 11.9 Å². The molecule has 10 heavy (non-hydrogen) atoms. The van der Waals surface area contributed by atoms with Gasteiger partial charge < -0.3 is 4.98 Å². The van der Waals surface area contributed by atoms with E-state index in [4.69, 9.17) is 0 Å². The van der Waals surface area contributed by atoms with Crippen LogP contribution >= 0.6 is 0 Å². The van der Waals surface area contributed by atoms with E-state index in [-0.39, 0.29) is 0 Å². The first-order valence-electron chi connectivity index (χ1n) is 3.84. The van der Waals surface area contributed by atoms with Crippen LogP contribution in [0.15, 0.2) is 12.5 Å². The molecule has 0 fully saturated rings. The second-order valence-electron chi connectivity index (χ2n) is 1.23. The number of rotatable bonds is 0. The van der Waals surface area contributed by atoms with Crippen LogP contribution in [0.25, 0.3) is 0 Å². The molecule has 0 bridgehead atoms. The molecule has 1 N–H and O–H groups in total. The molecular weight excluding hydrogens is 124 g/mol. The lowest BCUT2D eigenvalue weighted by Gasteiger charge is -1.67. The largest absolute Gasteiger partial charge is 0.349 e. The SMILES string of the molecule is CC.CC.Cc1cnc[nH]1. The number of hydrogen-bond donors (Lipinski definition) is 1. The van der Waals surface area contributed by atoms with Gasteiger partial charge in [0.1, 0.15) is 0 Å². The number of nitrogens with zero attached hydrogens (tertiary/aromatic N) is 1. The Hall–Kier alpha value is -0.790. The Morgan fingerprint density at radius 3 is 1.80 bits per heavy atom. The fraction of sp³-hybridized carbons (Fsp3) is 0.625. The van der Waals surface area contributed by atoms with Crippen molar-refractivity contribution in [2.45, 2.75) is 34.6 Å². The Bertz CT molecular complexity index is 111. The first kappa shape index (κ1) is 11.9. The summed E-state index contributed by atoms with van der Waals surface area (Å²) in [6, 6.07) is 0. The summed E-state index contributed by atoms with van der Waals surface area (Å²) in [5, 5.41) is 0. The Kier molecular flexibility index (Phi) is 13.2. The van der Waals surface area contributed by atoms with E-state index in [0.717, 1.165) is 5.69 Å². The maximum atomic E-state index is 3.77. The maximum Gasteiger partial charge on any atom is 0.0921 e. The van der Waals surface area contributed by atoms with E-state index < -0.39 is 0 Å². The minimum atomic E-state index is 1.11. The molecule has 0 saturated carbocycles. The van der Waals surface area contributed by atoms with Gasteiger partial charge in [-0.1, -0.05) is 27.7 Å². The number of aryl methyl sites for hydroxylation is 1. The second-order valence-corrected chi connectivity index (χ2v) is 1.23. The third kappa shape index (κ3) is 7.21. The monoisotopic (exact) mass is 142 g/mol. The van der Waals surface area contributed by atoms with Crippen molar-refractivity contribution in [3.05, 3.63) is 18.2 Å². The van der Waals surface area contributed by atoms with E-state index in [1.807, 2.05) is 34.6 Å². The van der Waals surface area contributed by atoms with Crippen molar-refractivity contribution in [2.75, 3.05) is 0 Å². The van der Waals surface area contributed by atoms with Crippen molar-refractivity contribution in [3.8, 4) is 0 Å². The normalized spacial score (nSPS) is 6.50. The van der Waals surface area contributed by atoms with Gasteiger partial charge in [0.25, 0.3) is 0 Å². The lowest BCUT2D eigenvalue weighted by atomic mass is 10.6. The highest BCUT2D eigenvalue weighted by molar-refractivity contribution is 4.87. The molecule has 0 atom stereocenters. The first-order valence-corrected chi connectivity index (χ1v) is 3.84. The number of H-pyrrole nitrogens is 1. The van der Waals surface area contributed by atoms with Crippen LogP contribution in [0.1, 0.15) is 33.4 Å². The average molecular weight is 142 g/mol. The minimum Gasteiger partial charge on any atom is -0.349 e. The zero-order valence-electron chi connectivity index (χ0n) is 7.60. The summed E-state index contributed by atoms with van der Waals surface area (Å²) in [5.74, 6) is 0. The Morgan fingerprint density at radius 2 is 1.70 bits per heavy atom. The highest BCUT2D eigenvalue weighted by Crippen LogP contribution is 1.81. The van der Waals surface area contributed by atoms with Crippen LogP contribution in [-0.4, -0.2) is 9.97 Å². The highest BCUT2D eigenvalue weighted by Gasteiger charge is 1.73. The van der Waals surface area contributed by atoms with Crippen LogP contribution in [-0.2, 0) is 0 Å². The van der Waals surface area contributed by atoms with Crippen LogP contribution in [0.5, 0.6) is 0 Å². The Labute approximate surface area is 63.7 Å². The molecule has 0 aromatic carbocycles. The van der Waals surface area contributed by atoms with Crippen LogP contribution in [0.4, 0.5) is 0 Å². The summed E-state index contributed by atoms with van der Waals surface area (Å²) in [6.45, 7) is 9.97. The predicted molar refractivity (Wildman–Crippen MR) is 46.0 cm³/mol. The molecule has 1 aromatic heterocycles. The third-order valence-electron chi connectivity index (χ3n) is 0.635. The summed E-state index contributed by atoms with van der Waals surface area (Å²) in [6.07, 6.45) is 3.44. The van der Waals surface area contributed by atoms with Crippen molar-refractivity contribution < 1.29 is 0 Å². The van der Waals surface area contributed by atoms with E-state index >= 15 is 0 Å². The summed E-state index contributed by atoms with van der Waals surface area (Å²) in [4.78, 5) is 6.66. The molecule has 2 heteroatoms. The van der Waals surface area contributed by atoms with Crippen molar-refractivity contribution >= 4 is 0 Å². The van der Waals surface area contributed by atoms with Crippen molar-refractivity contribution in [1.29, 1.82) is 0 Å². The van der Waals surface area contributed by atoms with Crippen molar-refractivity contribution in [2.24, 2.45) is 0 Å². The van der Waals surface area contributed by atoms with Crippen LogP contribution in [0.2, 0.25) is 0 Å². The van der Waals surface area contributed by atoms with E-state index in [2.05, 4.69) is 9.97 Å². The summed E-state index contributed by atoms with van der Waals surface area (Å²) in [7, 11) is 0. The molecule has 0 unspecified atom stereocenters. The van der Waals surface area contributed by atoms with Gasteiger partial charge in [0.15, 0.2) is 0 Å². The average Bonchev–Trinajstić information content (AvgIpc) is 2.48. The summed E-state index contributed by atoms with van der Waals surface area (Å²) >= 11 is 0. The van der Waals surface area contributed by atoms with E-state index in [0.29, 0.717) is 0 Å². The molecule has 0 amide bonds. The van der Waals surface area contributed by atoms with Gasteiger partial charge in [0.05, 0.1) is 6.33 Å². The zero-order chi connectivity index (χ0) is 8.41. The van der Waals surface area contributed by atoms with Crippen LogP contribution < -0.4 is 0 Å². The second kappa shape index (κ2) is 11.1. The third-order valence-corrected chi connectivity index (χ3v) is 0.635. The standard InChI is InChI=1S/C4H6N2.2C2H6/c1-4-2-5-3-6-4;2*1-2/h2-3H,1H3,(H,5,6);2*1-2H3. The van der Waals surface area contributed by atoms with Crippen molar-refractivity contribution in [1.82, 2.24) is 9.97 Å². The van der Waals surface area contributed by atoms with Gasteiger partial charge in [0.2, 0.25) is 0 Å². The molecule has 0 radical (unpaired) electrons. The fourth-order valence-electron chi connectivity index (χ4n) is 0.325. The number of imidazole rings is 1. The quantitative estimate of drug-likeness (QED) is 0.593. The molecule has 60 valence electrons. The number of nitrogens with one attached hydrogen (secondary N) is 1. The van der Waals surface area contributed by atoms with Gasteiger partial charge in [-0.3, -0.25) is 0 Å². The topological polar surface area (TPSA) is 28.7 Å². The minimum absolute atomic E-state index is 1.11. The van der Waals surface area contributed by atoms with Crippen LogP contribution in [0.3, 0.4) is 0 Å². The number of aromatic amines is 1. The molecule has 0 spiro atoms. The lowest BCUT2D eigenvalue weighted by Crippen LogP contribution is -1.59. The number of aromatic nitrogens is 2. The smallest absolute Gasteiger partial charge is 0.0921 e. The predicted octanol–water partition coefficient (Wildman–Crippen LogP) is 2.77. The summed E-state index contributed by atoms with van der Waals surface area (Å²) in [5.41, 5.74) is 1.11. The van der Waals surface area contributed by atoms with Gasteiger partial charge in [-0.25, -0.2) is 4.98 Å². The Morgan fingerprint density at radius 1 is 1.20 bits per heavy atom. The molecule has 1 aromatic rings. The highest BCUT2D eigenvalue weighted by atomic mass is 14.8. The molecule has 0 aliphatic rings. The van der Waals surface area contributed by atoms with Gasteiger partial charge in [-0.15, -0.1) is 0 Å². The Balaban J connectivity index is 0. The first-order chi connectivity index (χ1) is 4.89. The molecule has 0 aliphatic carbocycles. The molecule has 2 nitrogen and oxygen atoms in total. The fourth-order valence-corrected chi connectivity index (χ4v) is 0.325. The van der Waals surface area contributed by atoms with E-state index in [1.54, 1.807) is 12.5 Å². The molecular formula is C8H18N2. The maximum absolute atomic E-state index is 3.77. The molecule has 0 aliphatic heterocycles. The van der Waals surface area contributed by atoms with Gasteiger partial charge in [-0.2, -0.15) is 0 Å². The molecule has 1 heterocycles. The summed E-state index contributed by atoms with van der Waals surface area (Å²) < 4.78 is 0. The number of hydrogen-bond acceptors (Lipinski definition) is 1. The van der Waals surface area contributed by atoms with Crippen LogP contribution in [0, 0.1) is 6.92 Å². The van der Waals surface area contributed by atoms with Gasteiger partial charge >= 0.3 is 0 Å². The molecule has 1 rings (SSSR count). The van der Waals surface area contributed by atoms with E-state index in [1.165, 1.54) is 0 Å². The van der Waals surface area contributed by atoms with E-state index in [9.17, 15) is 0 Å².